The second-order valence-corrected chi connectivity index (χ2v) is 6.12. The van der Waals surface area contributed by atoms with Crippen molar-refractivity contribution in [1.29, 1.82) is 0 Å². The molecular weight excluding hydrogens is 322 g/mol. The Hall–Kier alpha value is -3.18. The van der Waals surface area contributed by atoms with E-state index in [1.54, 1.807) is 12.4 Å². The van der Waals surface area contributed by atoms with Crippen LogP contribution in [0.5, 0.6) is 0 Å². The minimum absolute atomic E-state index is 0.0460. The van der Waals surface area contributed by atoms with Crippen LogP contribution >= 0.6 is 0 Å². The Balaban J connectivity index is 1.80. The highest BCUT2D eigenvalue weighted by Gasteiger charge is 2.17. The molecule has 0 radical (unpaired) electrons. The van der Waals surface area contributed by atoms with Gasteiger partial charge in [0.15, 0.2) is 0 Å². The van der Waals surface area contributed by atoms with Gasteiger partial charge in [0.2, 0.25) is 0 Å². The molecule has 0 bridgehead atoms. The number of benzene rings is 2. The van der Waals surface area contributed by atoms with E-state index in [0.717, 1.165) is 39.2 Å². The number of rotatable bonds is 4. The van der Waals surface area contributed by atoms with Crippen LogP contribution in [0, 0.1) is 6.92 Å². The SMILES string of the molecule is CNC(c1ccc2ncc(-c3ccccc3)nc2c1)c1nccnc1C. The van der Waals surface area contributed by atoms with Crippen LogP contribution in [0.1, 0.15) is 23.0 Å². The van der Waals surface area contributed by atoms with Gasteiger partial charge in [0.05, 0.1) is 40.4 Å². The van der Waals surface area contributed by atoms with Crippen molar-refractivity contribution in [3.63, 3.8) is 0 Å². The van der Waals surface area contributed by atoms with Gasteiger partial charge in [0, 0.05) is 18.0 Å². The van der Waals surface area contributed by atoms with E-state index in [2.05, 4.69) is 32.4 Å². The van der Waals surface area contributed by atoms with E-state index in [9.17, 15) is 0 Å². The van der Waals surface area contributed by atoms with E-state index >= 15 is 0 Å². The van der Waals surface area contributed by atoms with Crippen molar-refractivity contribution in [3.05, 3.63) is 84.1 Å². The van der Waals surface area contributed by atoms with Crippen LogP contribution in [0.3, 0.4) is 0 Å². The van der Waals surface area contributed by atoms with Crippen LogP contribution in [0.25, 0.3) is 22.3 Å². The predicted octanol–water partition coefficient (Wildman–Crippen LogP) is 3.70. The van der Waals surface area contributed by atoms with Gasteiger partial charge >= 0.3 is 0 Å². The van der Waals surface area contributed by atoms with Crippen LogP contribution in [0.2, 0.25) is 0 Å². The second kappa shape index (κ2) is 6.98. The van der Waals surface area contributed by atoms with Crippen LogP contribution in [0.4, 0.5) is 0 Å². The monoisotopic (exact) mass is 341 g/mol. The Morgan fingerprint density at radius 3 is 2.46 bits per heavy atom. The molecule has 1 unspecified atom stereocenters. The molecule has 2 heterocycles. The molecule has 0 saturated carbocycles. The van der Waals surface area contributed by atoms with Gasteiger partial charge in [0.25, 0.3) is 0 Å². The fraction of sp³-hybridized carbons (Fsp3) is 0.143. The van der Waals surface area contributed by atoms with Crippen molar-refractivity contribution in [1.82, 2.24) is 25.3 Å². The fourth-order valence-corrected chi connectivity index (χ4v) is 3.12. The molecule has 4 aromatic rings. The lowest BCUT2D eigenvalue weighted by atomic mass is 10.0. The topological polar surface area (TPSA) is 63.6 Å². The Morgan fingerprint density at radius 1 is 0.885 bits per heavy atom. The zero-order valence-corrected chi connectivity index (χ0v) is 14.7. The smallest absolute Gasteiger partial charge is 0.0897 e. The molecule has 5 nitrogen and oxygen atoms in total. The van der Waals surface area contributed by atoms with Crippen molar-refractivity contribution in [2.45, 2.75) is 13.0 Å². The summed E-state index contributed by atoms with van der Waals surface area (Å²) in [6, 6.07) is 16.2. The highest BCUT2D eigenvalue weighted by molar-refractivity contribution is 5.78. The third-order valence-electron chi connectivity index (χ3n) is 4.45. The molecule has 1 N–H and O–H groups in total. The minimum Gasteiger partial charge on any atom is -0.308 e. The molecule has 128 valence electrons. The quantitative estimate of drug-likeness (QED) is 0.613. The fourth-order valence-electron chi connectivity index (χ4n) is 3.12. The standard InChI is InChI=1S/C21H19N5/c1-14-20(24-11-10-23-14)21(22-2)16-8-9-17-18(12-16)26-19(13-25-17)15-6-4-3-5-7-15/h3-13,21-22H,1-2H3. The summed E-state index contributed by atoms with van der Waals surface area (Å²) in [5, 5.41) is 3.34. The summed E-state index contributed by atoms with van der Waals surface area (Å²) in [4.78, 5) is 18.2. The summed E-state index contributed by atoms with van der Waals surface area (Å²) in [7, 11) is 1.93. The maximum absolute atomic E-state index is 4.81. The number of nitrogens with one attached hydrogen (secondary N) is 1. The van der Waals surface area contributed by atoms with E-state index in [1.807, 2.05) is 56.6 Å². The summed E-state index contributed by atoms with van der Waals surface area (Å²) in [6.45, 7) is 1.97. The molecule has 5 heteroatoms. The normalized spacial score (nSPS) is 12.2. The van der Waals surface area contributed by atoms with Crippen molar-refractivity contribution in [2.24, 2.45) is 0 Å². The molecule has 26 heavy (non-hydrogen) atoms. The maximum atomic E-state index is 4.81. The van der Waals surface area contributed by atoms with E-state index in [1.165, 1.54) is 0 Å². The number of hydrogen-bond donors (Lipinski definition) is 1. The molecule has 4 rings (SSSR count). The number of nitrogens with zero attached hydrogens (tertiary/aromatic N) is 4. The van der Waals surface area contributed by atoms with Gasteiger partial charge in [-0.25, -0.2) is 4.98 Å². The molecule has 2 aromatic carbocycles. The highest BCUT2D eigenvalue weighted by atomic mass is 14.9. The lowest BCUT2D eigenvalue weighted by Crippen LogP contribution is -2.20. The molecule has 1 atom stereocenters. The first-order valence-corrected chi connectivity index (χ1v) is 8.53. The van der Waals surface area contributed by atoms with Crippen molar-refractivity contribution in [2.75, 3.05) is 7.05 Å². The summed E-state index contributed by atoms with van der Waals surface area (Å²) in [6.07, 6.45) is 5.25. The molecular formula is C21H19N5. The van der Waals surface area contributed by atoms with Crippen LogP contribution < -0.4 is 5.32 Å². The largest absolute Gasteiger partial charge is 0.308 e. The average molecular weight is 341 g/mol. The van der Waals surface area contributed by atoms with Gasteiger partial charge < -0.3 is 5.32 Å². The summed E-state index contributed by atoms with van der Waals surface area (Å²) in [5.41, 5.74) is 6.58. The van der Waals surface area contributed by atoms with Crippen LogP contribution in [-0.2, 0) is 0 Å². The van der Waals surface area contributed by atoms with Crippen LogP contribution in [-0.4, -0.2) is 27.0 Å². The predicted molar refractivity (Wildman–Crippen MR) is 103 cm³/mol. The summed E-state index contributed by atoms with van der Waals surface area (Å²) >= 11 is 0. The molecule has 0 aliphatic rings. The van der Waals surface area contributed by atoms with Crippen molar-refractivity contribution >= 4 is 11.0 Å². The second-order valence-electron chi connectivity index (χ2n) is 6.12. The lowest BCUT2D eigenvalue weighted by molar-refractivity contribution is 0.660. The first kappa shape index (κ1) is 16.3. The van der Waals surface area contributed by atoms with Crippen LogP contribution in [0.15, 0.2) is 67.1 Å². The van der Waals surface area contributed by atoms with Gasteiger partial charge in [-0.2, -0.15) is 0 Å². The summed E-state index contributed by atoms with van der Waals surface area (Å²) in [5.74, 6) is 0. The Bertz CT molecular complexity index is 1050. The third kappa shape index (κ3) is 3.05. The van der Waals surface area contributed by atoms with Gasteiger partial charge in [-0.15, -0.1) is 0 Å². The van der Waals surface area contributed by atoms with Gasteiger partial charge in [-0.3, -0.25) is 15.0 Å². The number of aryl methyl sites for hydroxylation is 1. The molecule has 0 fully saturated rings. The number of hydrogen-bond acceptors (Lipinski definition) is 5. The van der Waals surface area contributed by atoms with Gasteiger partial charge in [0.1, 0.15) is 0 Å². The Labute approximate surface area is 152 Å². The highest BCUT2D eigenvalue weighted by Crippen LogP contribution is 2.25. The zero-order valence-electron chi connectivity index (χ0n) is 14.7. The molecule has 0 aliphatic heterocycles. The van der Waals surface area contributed by atoms with Crippen molar-refractivity contribution < 1.29 is 0 Å². The maximum Gasteiger partial charge on any atom is 0.0897 e. The molecule has 0 aliphatic carbocycles. The number of fused-ring (bicyclic) bond motifs is 1. The first-order valence-electron chi connectivity index (χ1n) is 8.53. The Kier molecular flexibility index (Phi) is 4.37. The van der Waals surface area contributed by atoms with E-state index in [4.69, 9.17) is 4.98 Å². The minimum atomic E-state index is -0.0460. The molecule has 0 saturated heterocycles. The number of aromatic nitrogens is 4. The Morgan fingerprint density at radius 2 is 1.69 bits per heavy atom. The summed E-state index contributed by atoms with van der Waals surface area (Å²) < 4.78 is 0. The van der Waals surface area contributed by atoms with E-state index < -0.39 is 0 Å². The van der Waals surface area contributed by atoms with E-state index in [-0.39, 0.29) is 6.04 Å². The van der Waals surface area contributed by atoms with Gasteiger partial charge in [-0.1, -0.05) is 36.4 Å². The van der Waals surface area contributed by atoms with Crippen molar-refractivity contribution in [3.8, 4) is 11.3 Å². The molecule has 0 spiro atoms. The molecule has 2 aromatic heterocycles. The average Bonchev–Trinajstić information content (AvgIpc) is 2.70. The first-order chi connectivity index (χ1) is 12.8. The third-order valence-corrected chi connectivity index (χ3v) is 4.45. The van der Waals surface area contributed by atoms with Gasteiger partial charge in [-0.05, 0) is 31.7 Å². The zero-order chi connectivity index (χ0) is 17.9. The lowest BCUT2D eigenvalue weighted by Gasteiger charge is -2.18. The molecule has 0 amide bonds. The van der Waals surface area contributed by atoms with E-state index in [0.29, 0.717) is 0 Å².